The van der Waals surface area contributed by atoms with Gasteiger partial charge in [0.1, 0.15) is 0 Å². The van der Waals surface area contributed by atoms with Crippen LogP contribution < -0.4 is 14.8 Å². The van der Waals surface area contributed by atoms with Gasteiger partial charge in [0, 0.05) is 56.0 Å². The molecular weight excluding hydrogens is 372 g/mol. The summed E-state index contributed by atoms with van der Waals surface area (Å²) in [6.07, 6.45) is 2.84. The Hall–Kier alpha value is -3.39. The number of ether oxygens (including phenoxy) is 2. The summed E-state index contributed by atoms with van der Waals surface area (Å²) in [5.74, 6) is 1.58. The third-order valence-electron chi connectivity index (χ3n) is 4.71. The zero-order valence-corrected chi connectivity index (χ0v) is 16.1. The van der Waals surface area contributed by atoms with Crippen molar-refractivity contribution in [3.8, 4) is 22.8 Å². The van der Waals surface area contributed by atoms with Gasteiger partial charge in [-0.1, -0.05) is 6.07 Å². The van der Waals surface area contributed by atoms with Crippen LogP contribution in [0.2, 0.25) is 0 Å². The fraction of sp³-hybridized carbons (Fsp3) is 0.286. The normalized spacial score (nSPS) is 13.1. The molecular formula is C21H22N4O4. The lowest BCUT2D eigenvalue weighted by atomic mass is 10.1. The van der Waals surface area contributed by atoms with Gasteiger partial charge in [-0.3, -0.25) is 14.8 Å². The molecule has 0 saturated carbocycles. The summed E-state index contributed by atoms with van der Waals surface area (Å²) in [5, 5.41) is 18.8. The van der Waals surface area contributed by atoms with Crippen LogP contribution in [0.1, 0.15) is 17.5 Å². The number of hydrogen-bond donors (Lipinski definition) is 1. The number of nitro groups is 1. The molecule has 0 atom stereocenters. The molecule has 150 valence electrons. The van der Waals surface area contributed by atoms with Gasteiger partial charge in [0.15, 0.2) is 11.5 Å². The Kier molecular flexibility index (Phi) is 5.44. The summed E-state index contributed by atoms with van der Waals surface area (Å²) in [5.41, 5.74) is 3.86. The van der Waals surface area contributed by atoms with Crippen LogP contribution in [0.25, 0.3) is 11.3 Å². The number of hydrogen-bond acceptors (Lipinski definition) is 6. The van der Waals surface area contributed by atoms with Gasteiger partial charge in [0.05, 0.1) is 23.8 Å². The SMILES string of the molecule is Cn1cc(CNCc2ccc3c(c2)OCCCO3)c(-c2ccc([N+](=O)[O-])cc2)n1. The summed E-state index contributed by atoms with van der Waals surface area (Å²) in [4.78, 5) is 10.5. The van der Waals surface area contributed by atoms with E-state index in [9.17, 15) is 10.1 Å². The summed E-state index contributed by atoms with van der Waals surface area (Å²) in [7, 11) is 1.86. The van der Waals surface area contributed by atoms with Crippen LogP contribution in [0.4, 0.5) is 5.69 Å². The average Bonchev–Trinajstić information content (AvgIpc) is 2.94. The van der Waals surface area contributed by atoms with Crippen LogP contribution in [-0.4, -0.2) is 27.9 Å². The monoisotopic (exact) mass is 394 g/mol. The topological polar surface area (TPSA) is 91.5 Å². The molecule has 4 rings (SSSR count). The molecule has 2 heterocycles. The number of aromatic nitrogens is 2. The number of benzene rings is 2. The van der Waals surface area contributed by atoms with E-state index in [0.717, 1.165) is 40.3 Å². The molecule has 1 aliphatic heterocycles. The van der Waals surface area contributed by atoms with Crippen molar-refractivity contribution >= 4 is 5.69 Å². The number of nitro benzene ring substituents is 1. The second-order valence-corrected chi connectivity index (χ2v) is 6.92. The van der Waals surface area contributed by atoms with E-state index in [1.165, 1.54) is 12.1 Å². The van der Waals surface area contributed by atoms with E-state index < -0.39 is 4.92 Å². The second kappa shape index (κ2) is 8.32. The molecule has 3 aromatic rings. The van der Waals surface area contributed by atoms with E-state index in [1.807, 2.05) is 31.4 Å². The number of fused-ring (bicyclic) bond motifs is 1. The van der Waals surface area contributed by atoms with Crippen molar-refractivity contribution in [1.82, 2.24) is 15.1 Å². The zero-order chi connectivity index (χ0) is 20.2. The van der Waals surface area contributed by atoms with Gasteiger partial charge < -0.3 is 14.8 Å². The van der Waals surface area contributed by atoms with Crippen molar-refractivity contribution < 1.29 is 14.4 Å². The number of rotatable bonds is 6. The molecule has 1 aliphatic rings. The summed E-state index contributed by atoms with van der Waals surface area (Å²) < 4.78 is 13.2. The van der Waals surface area contributed by atoms with Crippen molar-refractivity contribution in [3.05, 3.63) is 69.9 Å². The van der Waals surface area contributed by atoms with Gasteiger partial charge in [-0.05, 0) is 29.8 Å². The first-order valence-corrected chi connectivity index (χ1v) is 9.47. The van der Waals surface area contributed by atoms with Crippen LogP contribution in [0.15, 0.2) is 48.7 Å². The highest BCUT2D eigenvalue weighted by Crippen LogP contribution is 2.30. The molecule has 29 heavy (non-hydrogen) atoms. The Morgan fingerprint density at radius 1 is 1.10 bits per heavy atom. The third-order valence-corrected chi connectivity index (χ3v) is 4.71. The van der Waals surface area contributed by atoms with Gasteiger partial charge >= 0.3 is 0 Å². The number of non-ortho nitro benzene ring substituents is 1. The summed E-state index contributed by atoms with van der Waals surface area (Å²) in [6, 6.07) is 12.4. The number of nitrogens with one attached hydrogen (secondary N) is 1. The van der Waals surface area contributed by atoms with Gasteiger partial charge in [-0.25, -0.2) is 0 Å². The lowest BCUT2D eigenvalue weighted by molar-refractivity contribution is -0.384. The van der Waals surface area contributed by atoms with E-state index in [2.05, 4.69) is 10.4 Å². The minimum atomic E-state index is -0.403. The van der Waals surface area contributed by atoms with Crippen molar-refractivity contribution in [2.75, 3.05) is 13.2 Å². The van der Waals surface area contributed by atoms with E-state index in [1.54, 1.807) is 16.8 Å². The molecule has 0 radical (unpaired) electrons. The van der Waals surface area contributed by atoms with Crippen LogP contribution in [0, 0.1) is 10.1 Å². The quantitative estimate of drug-likeness (QED) is 0.509. The Morgan fingerprint density at radius 2 is 1.86 bits per heavy atom. The van der Waals surface area contributed by atoms with Crippen molar-refractivity contribution in [3.63, 3.8) is 0 Å². The second-order valence-electron chi connectivity index (χ2n) is 6.92. The smallest absolute Gasteiger partial charge is 0.269 e. The minimum Gasteiger partial charge on any atom is -0.490 e. The maximum atomic E-state index is 10.9. The molecule has 0 fully saturated rings. The van der Waals surface area contributed by atoms with Crippen molar-refractivity contribution in [2.24, 2.45) is 7.05 Å². The van der Waals surface area contributed by atoms with E-state index in [4.69, 9.17) is 9.47 Å². The van der Waals surface area contributed by atoms with Crippen molar-refractivity contribution in [1.29, 1.82) is 0 Å². The predicted molar refractivity (Wildman–Crippen MR) is 108 cm³/mol. The molecule has 0 aliphatic carbocycles. The van der Waals surface area contributed by atoms with E-state index >= 15 is 0 Å². The zero-order valence-electron chi connectivity index (χ0n) is 16.1. The number of aryl methyl sites for hydroxylation is 1. The van der Waals surface area contributed by atoms with Crippen LogP contribution in [-0.2, 0) is 20.1 Å². The van der Waals surface area contributed by atoms with Gasteiger partial charge in [0.25, 0.3) is 5.69 Å². The molecule has 8 nitrogen and oxygen atoms in total. The molecule has 1 aromatic heterocycles. The molecule has 0 bridgehead atoms. The lowest BCUT2D eigenvalue weighted by Gasteiger charge is -2.10. The molecule has 0 unspecified atom stereocenters. The molecule has 0 amide bonds. The first kappa shape index (κ1) is 18.9. The van der Waals surface area contributed by atoms with Gasteiger partial charge in [0.2, 0.25) is 0 Å². The average molecular weight is 394 g/mol. The Labute approximate surface area is 168 Å². The first-order valence-electron chi connectivity index (χ1n) is 9.47. The fourth-order valence-corrected chi connectivity index (χ4v) is 3.31. The van der Waals surface area contributed by atoms with E-state index in [-0.39, 0.29) is 5.69 Å². The van der Waals surface area contributed by atoms with Crippen LogP contribution in [0.3, 0.4) is 0 Å². The Morgan fingerprint density at radius 3 is 2.62 bits per heavy atom. The molecule has 0 saturated heterocycles. The molecule has 8 heteroatoms. The predicted octanol–water partition coefficient (Wildman–Crippen LogP) is 3.45. The highest BCUT2D eigenvalue weighted by Gasteiger charge is 2.13. The molecule has 0 spiro atoms. The summed E-state index contributed by atoms with van der Waals surface area (Å²) >= 11 is 0. The van der Waals surface area contributed by atoms with Crippen LogP contribution >= 0.6 is 0 Å². The van der Waals surface area contributed by atoms with E-state index in [0.29, 0.717) is 26.3 Å². The van der Waals surface area contributed by atoms with Gasteiger partial charge in [-0.15, -0.1) is 0 Å². The highest BCUT2D eigenvalue weighted by atomic mass is 16.6. The van der Waals surface area contributed by atoms with Gasteiger partial charge in [-0.2, -0.15) is 5.10 Å². The Bertz CT molecular complexity index is 1010. The maximum Gasteiger partial charge on any atom is 0.269 e. The summed E-state index contributed by atoms with van der Waals surface area (Å²) in [6.45, 7) is 2.63. The first-order chi connectivity index (χ1) is 14.1. The minimum absolute atomic E-state index is 0.0683. The highest BCUT2D eigenvalue weighted by molar-refractivity contribution is 5.64. The maximum absolute atomic E-state index is 10.9. The largest absolute Gasteiger partial charge is 0.490 e. The van der Waals surface area contributed by atoms with Crippen LogP contribution in [0.5, 0.6) is 11.5 Å². The fourth-order valence-electron chi connectivity index (χ4n) is 3.31. The van der Waals surface area contributed by atoms with Crippen molar-refractivity contribution in [2.45, 2.75) is 19.5 Å². The Balaban J connectivity index is 1.44. The standard InChI is InChI=1S/C21H22N4O4/c1-24-14-17(21(23-24)16-4-6-18(7-5-16)25(26)27)13-22-12-15-3-8-19-20(11-15)29-10-2-9-28-19/h3-8,11,14,22H,2,9-10,12-13H2,1H3. The molecule has 1 N–H and O–H groups in total. The number of nitrogens with zero attached hydrogens (tertiary/aromatic N) is 3. The third kappa shape index (κ3) is 4.38. The lowest BCUT2D eigenvalue weighted by Crippen LogP contribution is -2.13. The molecule has 2 aromatic carbocycles.